The van der Waals surface area contributed by atoms with E-state index in [0.29, 0.717) is 6.04 Å². The van der Waals surface area contributed by atoms with Gasteiger partial charge in [-0.2, -0.15) is 0 Å². The molecule has 0 aromatic rings. The molecule has 0 fully saturated rings. The summed E-state index contributed by atoms with van der Waals surface area (Å²) in [7, 11) is 0. The third-order valence-corrected chi connectivity index (χ3v) is 2.97. The first kappa shape index (κ1) is 15.0. The summed E-state index contributed by atoms with van der Waals surface area (Å²) in [6.45, 7) is 9.05. The van der Waals surface area contributed by atoms with Gasteiger partial charge in [-0.05, 0) is 12.8 Å². The molecule has 0 aliphatic rings. The summed E-state index contributed by atoms with van der Waals surface area (Å²) in [6, 6.07) is 1.38. The van der Waals surface area contributed by atoms with Crippen molar-refractivity contribution in [1.29, 1.82) is 0 Å². The van der Waals surface area contributed by atoms with Gasteiger partial charge in [0.1, 0.15) is 0 Å². The van der Waals surface area contributed by atoms with Crippen molar-refractivity contribution in [3.8, 4) is 0 Å². The average molecular weight is 213 g/mol. The van der Waals surface area contributed by atoms with Crippen molar-refractivity contribution in [2.24, 2.45) is 0 Å². The topological polar surface area (TPSA) is 12.0 Å². The molecule has 0 heterocycles. The zero-order valence-electron chi connectivity index (χ0n) is 11.3. The fourth-order valence-corrected chi connectivity index (χ4v) is 2.05. The zero-order valence-corrected chi connectivity index (χ0v) is 11.3. The minimum Gasteiger partial charge on any atom is -0.312 e. The summed E-state index contributed by atoms with van der Waals surface area (Å²) in [6.07, 6.45) is 11.1. The second-order valence-electron chi connectivity index (χ2n) is 4.98. The van der Waals surface area contributed by atoms with E-state index in [4.69, 9.17) is 0 Å². The van der Waals surface area contributed by atoms with E-state index in [1.165, 1.54) is 51.4 Å². The molecule has 92 valence electrons. The van der Waals surface area contributed by atoms with Crippen LogP contribution in [0, 0.1) is 0 Å². The number of nitrogens with one attached hydrogen (secondary N) is 1. The third kappa shape index (κ3) is 10.2. The maximum atomic E-state index is 3.63. The molecule has 0 amide bonds. The Labute approximate surface area is 97.0 Å². The van der Waals surface area contributed by atoms with Gasteiger partial charge >= 0.3 is 0 Å². The smallest absolute Gasteiger partial charge is 0.00667 e. The summed E-state index contributed by atoms with van der Waals surface area (Å²) in [4.78, 5) is 0. The summed E-state index contributed by atoms with van der Waals surface area (Å²) in [5, 5.41) is 3.63. The molecular formula is C14H31N. The van der Waals surface area contributed by atoms with Crippen molar-refractivity contribution in [1.82, 2.24) is 5.32 Å². The van der Waals surface area contributed by atoms with E-state index in [0.717, 1.165) is 6.04 Å². The number of unbranched alkanes of at least 4 members (excludes halogenated alkanes) is 5. The van der Waals surface area contributed by atoms with Crippen LogP contribution in [0.25, 0.3) is 0 Å². The van der Waals surface area contributed by atoms with Crippen molar-refractivity contribution < 1.29 is 0 Å². The molecular weight excluding hydrogens is 182 g/mol. The summed E-state index contributed by atoms with van der Waals surface area (Å²) in [5.74, 6) is 0. The van der Waals surface area contributed by atoms with Crippen LogP contribution in [-0.4, -0.2) is 12.1 Å². The Kier molecular flexibility index (Phi) is 10.4. The van der Waals surface area contributed by atoms with Crippen LogP contribution in [0.3, 0.4) is 0 Å². The fourth-order valence-electron chi connectivity index (χ4n) is 2.05. The summed E-state index contributed by atoms with van der Waals surface area (Å²) < 4.78 is 0. The SMILES string of the molecule is CCCCCCCCC(CC)NC(C)C. The molecule has 0 aromatic heterocycles. The first-order valence-electron chi connectivity index (χ1n) is 6.96. The third-order valence-electron chi connectivity index (χ3n) is 2.97. The van der Waals surface area contributed by atoms with Crippen LogP contribution < -0.4 is 5.32 Å². The van der Waals surface area contributed by atoms with Crippen molar-refractivity contribution >= 4 is 0 Å². The molecule has 15 heavy (non-hydrogen) atoms. The van der Waals surface area contributed by atoms with E-state index in [1.807, 2.05) is 0 Å². The molecule has 0 aliphatic carbocycles. The average Bonchev–Trinajstić information content (AvgIpc) is 2.20. The van der Waals surface area contributed by atoms with Gasteiger partial charge in [0.05, 0.1) is 0 Å². The molecule has 1 nitrogen and oxygen atoms in total. The first-order chi connectivity index (χ1) is 7.20. The van der Waals surface area contributed by atoms with E-state index in [-0.39, 0.29) is 0 Å². The Morgan fingerprint density at radius 3 is 2.00 bits per heavy atom. The number of hydrogen-bond donors (Lipinski definition) is 1. The molecule has 0 aliphatic heterocycles. The summed E-state index contributed by atoms with van der Waals surface area (Å²) >= 11 is 0. The quantitative estimate of drug-likeness (QED) is 0.526. The van der Waals surface area contributed by atoms with E-state index in [9.17, 15) is 0 Å². The highest BCUT2D eigenvalue weighted by molar-refractivity contribution is 4.67. The Hall–Kier alpha value is -0.0400. The van der Waals surface area contributed by atoms with Crippen LogP contribution in [0.5, 0.6) is 0 Å². The molecule has 1 heteroatoms. The van der Waals surface area contributed by atoms with Crippen molar-refractivity contribution in [2.45, 2.75) is 91.1 Å². The maximum Gasteiger partial charge on any atom is 0.00667 e. The number of hydrogen-bond acceptors (Lipinski definition) is 1. The molecule has 1 atom stereocenters. The van der Waals surface area contributed by atoms with Gasteiger partial charge in [-0.15, -0.1) is 0 Å². The van der Waals surface area contributed by atoms with Gasteiger partial charge in [-0.3, -0.25) is 0 Å². The maximum absolute atomic E-state index is 3.63. The van der Waals surface area contributed by atoms with Crippen LogP contribution >= 0.6 is 0 Å². The van der Waals surface area contributed by atoms with Crippen LogP contribution in [0.15, 0.2) is 0 Å². The van der Waals surface area contributed by atoms with E-state index in [1.54, 1.807) is 0 Å². The summed E-state index contributed by atoms with van der Waals surface area (Å²) in [5.41, 5.74) is 0. The Morgan fingerprint density at radius 2 is 1.47 bits per heavy atom. The van der Waals surface area contributed by atoms with E-state index in [2.05, 4.69) is 33.0 Å². The van der Waals surface area contributed by atoms with Crippen LogP contribution in [0.4, 0.5) is 0 Å². The minimum absolute atomic E-state index is 0.634. The molecule has 0 radical (unpaired) electrons. The lowest BCUT2D eigenvalue weighted by atomic mass is 10.0. The van der Waals surface area contributed by atoms with E-state index < -0.39 is 0 Å². The molecule has 0 aromatic carbocycles. The van der Waals surface area contributed by atoms with Crippen molar-refractivity contribution in [3.63, 3.8) is 0 Å². The lowest BCUT2D eigenvalue weighted by molar-refractivity contribution is 0.410. The molecule has 0 bridgehead atoms. The lowest BCUT2D eigenvalue weighted by Gasteiger charge is -2.19. The lowest BCUT2D eigenvalue weighted by Crippen LogP contribution is -2.34. The molecule has 1 N–H and O–H groups in total. The molecule has 0 spiro atoms. The van der Waals surface area contributed by atoms with Gasteiger partial charge in [-0.25, -0.2) is 0 Å². The van der Waals surface area contributed by atoms with Gasteiger partial charge in [0, 0.05) is 12.1 Å². The van der Waals surface area contributed by atoms with Crippen LogP contribution in [0.1, 0.15) is 79.1 Å². The highest BCUT2D eigenvalue weighted by atomic mass is 14.9. The van der Waals surface area contributed by atoms with Gasteiger partial charge in [0.15, 0.2) is 0 Å². The van der Waals surface area contributed by atoms with Crippen molar-refractivity contribution in [2.75, 3.05) is 0 Å². The van der Waals surface area contributed by atoms with Gasteiger partial charge in [0.25, 0.3) is 0 Å². The Morgan fingerprint density at radius 1 is 0.867 bits per heavy atom. The first-order valence-corrected chi connectivity index (χ1v) is 6.96. The minimum atomic E-state index is 0.634. The molecule has 0 saturated carbocycles. The predicted molar refractivity (Wildman–Crippen MR) is 70.3 cm³/mol. The normalized spacial score (nSPS) is 13.4. The largest absolute Gasteiger partial charge is 0.312 e. The fraction of sp³-hybridized carbons (Fsp3) is 1.00. The number of rotatable bonds is 10. The second-order valence-corrected chi connectivity index (χ2v) is 4.98. The van der Waals surface area contributed by atoms with Crippen molar-refractivity contribution in [3.05, 3.63) is 0 Å². The zero-order chi connectivity index (χ0) is 11.5. The molecule has 0 rings (SSSR count). The van der Waals surface area contributed by atoms with Gasteiger partial charge in [-0.1, -0.05) is 66.2 Å². The highest BCUT2D eigenvalue weighted by Gasteiger charge is 2.06. The molecule has 1 unspecified atom stereocenters. The predicted octanol–water partition coefficient (Wildman–Crippen LogP) is 4.51. The van der Waals surface area contributed by atoms with Gasteiger partial charge in [0.2, 0.25) is 0 Å². The Balaban J connectivity index is 3.30. The molecule has 0 saturated heterocycles. The standard InChI is InChI=1S/C14H31N/c1-5-7-8-9-10-11-12-14(6-2)15-13(3)4/h13-15H,5-12H2,1-4H3. The highest BCUT2D eigenvalue weighted by Crippen LogP contribution is 2.10. The monoisotopic (exact) mass is 213 g/mol. The van der Waals surface area contributed by atoms with Crippen LogP contribution in [0.2, 0.25) is 0 Å². The second kappa shape index (κ2) is 10.5. The Bertz CT molecular complexity index is 121. The van der Waals surface area contributed by atoms with Gasteiger partial charge < -0.3 is 5.32 Å². The van der Waals surface area contributed by atoms with Crippen LogP contribution in [-0.2, 0) is 0 Å². The van der Waals surface area contributed by atoms with E-state index >= 15 is 0 Å².